The second-order valence-electron chi connectivity index (χ2n) is 5.35. The Labute approximate surface area is 141 Å². The molecule has 0 heterocycles. The van der Waals surface area contributed by atoms with E-state index in [0.29, 0.717) is 24.2 Å². The smallest absolute Gasteiger partial charge is 0.273 e. The number of benzene rings is 2. The minimum absolute atomic E-state index is 0.0221. The van der Waals surface area contributed by atoms with Crippen molar-refractivity contribution in [3.8, 4) is 0 Å². The molecule has 2 aromatic carbocycles. The van der Waals surface area contributed by atoms with E-state index in [2.05, 4.69) is 10.6 Å². The lowest BCUT2D eigenvalue weighted by Crippen LogP contribution is -2.17. The third kappa shape index (κ3) is 4.17. The molecule has 0 saturated carbocycles. The third-order valence-corrected chi connectivity index (χ3v) is 3.76. The minimum Gasteiger partial charge on any atom is -0.322 e. The van der Waals surface area contributed by atoms with E-state index in [4.69, 9.17) is 0 Å². The fourth-order valence-corrected chi connectivity index (χ4v) is 2.42. The Morgan fingerprint density at radius 1 is 1.12 bits per heavy atom. The van der Waals surface area contributed by atoms with Crippen LogP contribution in [0.1, 0.15) is 35.3 Å². The molecule has 6 nitrogen and oxygen atoms in total. The molecule has 0 aliphatic carbocycles. The fourth-order valence-electron chi connectivity index (χ4n) is 2.42. The van der Waals surface area contributed by atoms with Gasteiger partial charge in [0.15, 0.2) is 0 Å². The molecule has 1 amide bonds. The Bertz CT molecular complexity index is 744. The summed E-state index contributed by atoms with van der Waals surface area (Å²) in [5.74, 6) is -0.357. The van der Waals surface area contributed by atoms with Crippen molar-refractivity contribution in [2.45, 2.75) is 26.8 Å². The normalized spacial score (nSPS) is 10.4. The lowest BCUT2D eigenvalue weighted by atomic mass is 10.1. The van der Waals surface area contributed by atoms with Gasteiger partial charge in [-0.05, 0) is 30.7 Å². The Morgan fingerprint density at radius 2 is 1.88 bits per heavy atom. The molecule has 0 bridgehead atoms. The van der Waals surface area contributed by atoms with Crippen LogP contribution >= 0.6 is 0 Å². The number of amides is 1. The van der Waals surface area contributed by atoms with Crippen LogP contribution in [-0.4, -0.2) is 17.4 Å². The summed E-state index contributed by atoms with van der Waals surface area (Å²) in [6.07, 6.45) is 0.545. The molecule has 0 fully saturated rings. The van der Waals surface area contributed by atoms with Gasteiger partial charge in [0.05, 0.1) is 4.92 Å². The van der Waals surface area contributed by atoms with Crippen LogP contribution in [0.25, 0.3) is 0 Å². The second-order valence-corrected chi connectivity index (χ2v) is 5.35. The van der Waals surface area contributed by atoms with E-state index in [1.165, 1.54) is 6.07 Å². The lowest BCUT2D eigenvalue weighted by Gasteiger charge is -2.11. The molecule has 0 spiro atoms. The van der Waals surface area contributed by atoms with Crippen molar-refractivity contribution in [1.82, 2.24) is 5.32 Å². The van der Waals surface area contributed by atoms with Crippen molar-refractivity contribution in [1.29, 1.82) is 0 Å². The molecule has 0 saturated heterocycles. The number of rotatable bonds is 7. The molecule has 0 radical (unpaired) electrons. The number of nitro groups is 1. The second kappa shape index (κ2) is 8.21. The molecule has 0 unspecified atom stereocenters. The number of hydrogen-bond acceptors (Lipinski definition) is 4. The summed E-state index contributed by atoms with van der Waals surface area (Å²) in [4.78, 5) is 23.2. The first kappa shape index (κ1) is 17.6. The Kier molecular flexibility index (Phi) is 6.03. The van der Waals surface area contributed by atoms with Crippen LogP contribution in [0, 0.1) is 10.1 Å². The van der Waals surface area contributed by atoms with E-state index in [9.17, 15) is 14.9 Å². The minimum atomic E-state index is -0.450. The molecule has 0 atom stereocenters. The van der Waals surface area contributed by atoms with Crippen LogP contribution in [0.4, 0.5) is 11.4 Å². The molecule has 0 aromatic heterocycles. The summed E-state index contributed by atoms with van der Waals surface area (Å²) in [6, 6.07) is 12.1. The number of aryl methyl sites for hydroxylation is 1. The monoisotopic (exact) mass is 327 g/mol. The number of nitro benzene ring substituents is 1. The number of hydrogen-bond donors (Lipinski definition) is 2. The Hall–Kier alpha value is -2.73. The predicted octanol–water partition coefficient (Wildman–Crippen LogP) is 3.52. The molecule has 2 N–H and O–H groups in total. The quantitative estimate of drug-likeness (QED) is 0.602. The average Bonchev–Trinajstić information content (AvgIpc) is 2.60. The molecule has 24 heavy (non-hydrogen) atoms. The van der Waals surface area contributed by atoms with Crippen LogP contribution in [0.5, 0.6) is 0 Å². The number of nitrogens with one attached hydrogen (secondary N) is 2. The van der Waals surface area contributed by atoms with E-state index in [-0.39, 0.29) is 17.2 Å². The molecule has 6 heteroatoms. The summed E-state index contributed by atoms with van der Waals surface area (Å²) in [5.41, 5.74) is 2.53. The van der Waals surface area contributed by atoms with Gasteiger partial charge in [-0.15, -0.1) is 0 Å². The maximum atomic E-state index is 12.5. The molecule has 2 rings (SSSR count). The zero-order valence-corrected chi connectivity index (χ0v) is 13.8. The first-order valence-electron chi connectivity index (χ1n) is 7.94. The van der Waals surface area contributed by atoms with Crippen LogP contribution in [-0.2, 0) is 13.0 Å². The van der Waals surface area contributed by atoms with Gasteiger partial charge in [0, 0.05) is 29.4 Å². The first-order chi connectivity index (χ1) is 11.6. The van der Waals surface area contributed by atoms with E-state index < -0.39 is 4.92 Å². The zero-order valence-electron chi connectivity index (χ0n) is 13.8. The summed E-state index contributed by atoms with van der Waals surface area (Å²) in [7, 11) is 0. The van der Waals surface area contributed by atoms with Crippen LogP contribution in [0.15, 0.2) is 42.5 Å². The summed E-state index contributed by atoms with van der Waals surface area (Å²) in [6.45, 7) is 5.32. The van der Waals surface area contributed by atoms with Crippen LogP contribution < -0.4 is 10.6 Å². The lowest BCUT2D eigenvalue weighted by molar-refractivity contribution is -0.385. The maximum absolute atomic E-state index is 12.5. The van der Waals surface area contributed by atoms with Crippen molar-refractivity contribution in [2.75, 3.05) is 11.9 Å². The van der Waals surface area contributed by atoms with Gasteiger partial charge < -0.3 is 10.6 Å². The highest BCUT2D eigenvalue weighted by Gasteiger charge is 2.17. The zero-order chi connectivity index (χ0) is 17.5. The van der Waals surface area contributed by atoms with Gasteiger partial charge in [0.1, 0.15) is 0 Å². The molecular weight excluding hydrogens is 306 g/mol. The molecule has 0 aliphatic rings. The highest BCUT2D eigenvalue weighted by molar-refractivity contribution is 6.05. The summed E-state index contributed by atoms with van der Waals surface area (Å²) >= 11 is 0. The number of carbonyl (C=O) groups is 1. The van der Waals surface area contributed by atoms with Crippen molar-refractivity contribution in [3.05, 3.63) is 69.3 Å². The summed E-state index contributed by atoms with van der Waals surface area (Å²) < 4.78 is 0. The molecule has 126 valence electrons. The first-order valence-corrected chi connectivity index (χ1v) is 7.94. The third-order valence-electron chi connectivity index (χ3n) is 3.76. The van der Waals surface area contributed by atoms with Crippen molar-refractivity contribution >= 4 is 17.3 Å². The number of para-hydroxylation sites is 1. The van der Waals surface area contributed by atoms with Gasteiger partial charge >= 0.3 is 0 Å². The Morgan fingerprint density at radius 3 is 2.54 bits per heavy atom. The van der Waals surface area contributed by atoms with E-state index >= 15 is 0 Å². The number of carbonyl (C=O) groups excluding carboxylic acids is 1. The maximum Gasteiger partial charge on any atom is 0.273 e. The fraction of sp³-hybridized carbons (Fsp3) is 0.278. The number of nitrogens with zero attached hydrogens (tertiary/aromatic N) is 1. The molecule has 2 aromatic rings. The Balaban J connectivity index is 2.24. The summed E-state index contributed by atoms with van der Waals surface area (Å²) in [5, 5.41) is 17.2. The molecule has 0 aliphatic heterocycles. The molecular formula is C18H21N3O3. The standard InChI is InChI=1S/C18H21N3O3/c1-3-13-9-10-14(11-17(13)21(23)24)18(22)20-16-8-6-5-7-15(16)12-19-4-2/h5-11,19H,3-4,12H2,1-2H3,(H,20,22). The van der Waals surface area contributed by atoms with E-state index in [1.807, 2.05) is 38.1 Å². The van der Waals surface area contributed by atoms with Crippen molar-refractivity contribution in [2.24, 2.45) is 0 Å². The van der Waals surface area contributed by atoms with Crippen molar-refractivity contribution in [3.63, 3.8) is 0 Å². The highest BCUT2D eigenvalue weighted by atomic mass is 16.6. The van der Waals surface area contributed by atoms with Gasteiger partial charge in [0.2, 0.25) is 0 Å². The van der Waals surface area contributed by atoms with Crippen LogP contribution in [0.3, 0.4) is 0 Å². The van der Waals surface area contributed by atoms with Gasteiger partial charge in [-0.2, -0.15) is 0 Å². The van der Waals surface area contributed by atoms with Gasteiger partial charge in [-0.3, -0.25) is 14.9 Å². The van der Waals surface area contributed by atoms with E-state index in [1.54, 1.807) is 12.1 Å². The number of anilines is 1. The largest absolute Gasteiger partial charge is 0.322 e. The van der Waals surface area contributed by atoms with Gasteiger partial charge in [-0.1, -0.05) is 38.1 Å². The van der Waals surface area contributed by atoms with Crippen molar-refractivity contribution < 1.29 is 9.72 Å². The topological polar surface area (TPSA) is 84.3 Å². The predicted molar refractivity (Wildman–Crippen MR) is 94.3 cm³/mol. The SMILES string of the molecule is CCNCc1ccccc1NC(=O)c1ccc(CC)c([N+](=O)[O-])c1. The van der Waals surface area contributed by atoms with Gasteiger partial charge in [0.25, 0.3) is 11.6 Å². The highest BCUT2D eigenvalue weighted by Crippen LogP contribution is 2.22. The van der Waals surface area contributed by atoms with Crippen LogP contribution in [0.2, 0.25) is 0 Å². The van der Waals surface area contributed by atoms with Gasteiger partial charge in [-0.25, -0.2) is 0 Å². The average molecular weight is 327 g/mol. The van der Waals surface area contributed by atoms with E-state index in [0.717, 1.165) is 12.1 Å².